The number of nitrogen functional groups attached to an aromatic ring is 1. The molecule has 0 atom stereocenters. The van der Waals surface area contributed by atoms with Crippen LogP contribution in [-0.4, -0.2) is 0 Å². The van der Waals surface area contributed by atoms with Gasteiger partial charge in [0.2, 0.25) is 0 Å². The fourth-order valence-electron chi connectivity index (χ4n) is 1.52. The topological polar surface area (TPSA) is 26.0 Å². The standard InChI is InChI=1S/C13H9ClF3NS/c14-10-2-1-8(15)3-7(10)6-19-13-11(16)4-9(18)5-12(13)17/h1-5H,6,18H2. The molecule has 0 saturated heterocycles. The summed E-state index contributed by atoms with van der Waals surface area (Å²) in [5, 5.41) is 0.352. The summed E-state index contributed by atoms with van der Waals surface area (Å²) in [4.78, 5) is -0.158. The van der Waals surface area contributed by atoms with Crippen molar-refractivity contribution in [3.05, 3.63) is 58.4 Å². The Kier molecular flexibility index (Phi) is 4.27. The largest absolute Gasteiger partial charge is 0.399 e. The van der Waals surface area contributed by atoms with Crippen LogP contribution in [0.3, 0.4) is 0 Å². The highest BCUT2D eigenvalue weighted by Gasteiger charge is 2.12. The Labute approximate surface area is 117 Å². The van der Waals surface area contributed by atoms with Crippen LogP contribution in [0.2, 0.25) is 5.02 Å². The van der Waals surface area contributed by atoms with Gasteiger partial charge in [0.05, 0.1) is 4.90 Å². The van der Waals surface area contributed by atoms with E-state index in [2.05, 4.69) is 0 Å². The molecule has 19 heavy (non-hydrogen) atoms. The first-order valence-electron chi connectivity index (χ1n) is 5.28. The molecule has 0 spiro atoms. The van der Waals surface area contributed by atoms with Crippen LogP contribution in [0.1, 0.15) is 5.56 Å². The van der Waals surface area contributed by atoms with Crippen LogP contribution >= 0.6 is 23.4 Å². The molecule has 0 unspecified atom stereocenters. The summed E-state index contributed by atoms with van der Waals surface area (Å²) < 4.78 is 40.1. The smallest absolute Gasteiger partial charge is 0.141 e. The Morgan fingerprint density at radius 3 is 2.32 bits per heavy atom. The SMILES string of the molecule is Nc1cc(F)c(SCc2cc(F)ccc2Cl)c(F)c1. The molecule has 2 aromatic rings. The Hall–Kier alpha value is -1.33. The van der Waals surface area contributed by atoms with E-state index in [9.17, 15) is 13.2 Å². The highest BCUT2D eigenvalue weighted by molar-refractivity contribution is 7.98. The van der Waals surface area contributed by atoms with Crippen molar-refractivity contribution in [1.82, 2.24) is 0 Å². The predicted molar refractivity (Wildman–Crippen MR) is 71.7 cm³/mol. The van der Waals surface area contributed by atoms with E-state index >= 15 is 0 Å². The molecule has 6 heteroatoms. The number of anilines is 1. The summed E-state index contributed by atoms with van der Waals surface area (Å²) in [6.45, 7) is 0. The van der Waals surface area contributed by atoms with Gasteiger partial charge in [0.1, 0.15) is 17.5 Å². The van der Waals surface area contributed by atoms with Gasteiger partial charge >= 0.3 is 0 Å². The molecule has 0 bridgehead atoms. The van der Waals surface area contributed by atoms with Crippen LogP contribution < -0.4 is 5.73 Å². The maximum atomic E-state index is 13.5. The van der Waals surface area contributed by atoms with Crippen molar-refractivity contribution < 1.29 is 13.2 Å². The van der Waals surface area contributed by atoms with Gasteiger partial charge < -0.3 is 5.73 Å². The van der Waals surface area contributed by atoms with Gasteiger partial charge in [-0.15, -0.1) is 11.8 Å². The van der Waals surface area contributed by atoms with Gasteiger partial charge in [-0.2, -0.15) is 0 Å². The lowest BCUT2D eigenvalue weighted by atomic mass is 10.2. The predicted octanol–water partition coefficient (Wildman–Crippen LogP) is 4.63. The zero-order valence-corrected chi connectivity index (χ0v) is 11.2. The average molecular weight is 304 g/mol. The summed E-state index contributed by atoms with van der Waals surface area (Å²) in [6.07, 6.45) is 0. The minimum atomic E-state index is -0.741. The molecule has 0 aliphatic heterocycles. The molecule has 0 amide bonds. The molecule has 1 nitrogen and oxygen atoms in total. The monoisotopic (exact) mass is 303 g/mol. The zero-order valence-electron chi connectivity index (χ0n) is 9.59. The van der Waals surface area contributed by atoms with E-state index in [0.717, 1.165) is 23.9 Å². The van der Waals surface area contributed by atoms with Gasteiger partial charge in [-0.1, -0.05) is 11.6 Å². The third kappa shape index (κ3) is 3.36. The van der Waals surface area contributed by atoms with Crippen molar-refractivity contribution in [1.29, 1.82) is 0 Å². The van der Waals surface area contributed by atoms with E-state index in [1.54, 1.807) is 0 Å². The average Bonchev–Trinajstić information content (AvgIpc) is 2.32. The molecule has 0 aromatic heterocycles. The Morgan fingerprint density at radius 1 is 1.05 bits per heavy atom. The number of hydrogen-bond acceptors (Lipinski definition) is 2. The summed E-state index contributed by atoms with van der Waals surface area (Å²) in [6, 6.07) is 5.95. The first-order chi connectivity index (χ1) is 8.97. The van der Waals surface area contributed by atoms with Crippen molar-refractivity contribution >= 4 is 29.1 Å². The fraction of sp³-hybridized carbons (Fsp3) is 0.0769. The number of thioether (sulfide) groups is 1. The zero-order chi connectivity index (χ0) is 14.0. The van der Waals surface area contributed by atoms with Crippen molar-refractivity contribution in [3.8, 4) is 0 Å². The second-order valence-electron chi connectivity index (χ2n) is 3.84. The van der Waals surface area contributed by atoms with E-state index in [1.165, 1.54) is 18.2 Å². The number of nitrogens with two attached hydrogens (primary N) is 1. The minimum Gasteiger partial charge on any atom is -0.399 e. The molecule has 2 rings (SSSR count). The molecule has 0 heterocycles. The van der Waals surface area contributed by atoms with Gasteiger partial charge in [-0.05, 0) is 35.9 Å². The molecular weight excluding hydrogens is 295 g/mol. The second-order valence-corrected chi connectivity index (χ2v) is 5.23. The van der Waals surface area contributed by atoms with Crippen LogP contribution in [0.25, 0.3) is 0 Å². The summed E-state index contributed by atoms with van der Waals surface area (Å²) in [5.41, 5.74) is 5.81. The summed E-state index contributed by atoms with van der Waals surface area (Å²) >= 11 is 6.78. The van der Waals surface area contributed by atoms with E-state index in [1.807, 2.05) is 0 Å². The fourth-order valence-corrected chi connectivity index (χ4v) is 2.72. The highest BCUT2D eigenvalue weighted by atomic mass is 35.5. The lowest BCUT2D eigenvalue weighted by Gasteiger charge is -2.07. The molecular formula is C13H9ClF3NS. The van der Waals surface area contributed by atoms with Crippen molar-refractivity contribution in [3.63, 3.8) is 0 Å². The van der Waals surface area contributed by atoms with Crippen molar-refractivity contribution in [2.45, 2.75) is 10.6 Å². The Balaban J connectivity index is 2.21. The Bertz CT molecular complexity index is 596. The maximum Gasteiger partial charge on any atom is 0.141 e. The van der Waals surface area contributed by atoms with Gasteiger partial charge in [-0.25, -0.2) is 13.2 Å². The molecule has 2 aromatic carbocycles. The third-order valence-electron chi connectivity index (χ3n) is 2.40. The molecule has 0 saturated carbocycles. The van der Waals surface area contributed by atoms with E-state index < -0.39 is 17.5 Å². The van der Waals surface area contributed by atoms with E-state index in [0.29, 0.717) is 10.6 Å². The van der Waals surface area contributed by atoms with Crippen LogP contribution in [-0.2, 0) is 5.75 Å². The van der Waals surface area contributed by atoms with Crippen molar-refractivity contribution in [2.75, 3.05) is 5.73 Å². The van der Waals surface area contributed by atoms with Gasteiger partial charge in [-0.3, -0.25) is 0 Å². The van der Waals surface area contributed by atoms with Crippen LogP contribution in [0.5, 0.6) is 0 Å². The van der Waals surface area contributed by atoms with Gasteiger partial charge in [0.25, 0.3) is 0 Å². The second kappa shape index (κ2) is 5.75. The van der Waals surface area contributed by atoms with Crippen LogP contribution in [0.15, 0.2) is 35.2 Å². The van der Waals surface area contributed by atoms with Gasteiger partial charge in [0.15, 0.2) is 0 Å². The summed E-state index contributed by atoms with van der Waals surface area (Å²) in [5.74, 6) is -1.77. The number of halogens is 4. The molecule has 100 valence electrons. The normalized spacial score (nSPS) is 10.7. The van der Waals surface area contributed by atoms with Gasteiger partial charge in [0, 0.05) is 16.5 Å². The molecule has 0 fully saturated rings. The van der Waals surface area contributed by atoms with Crippen LogP contribution in [0, 0.1) is 17.5 Å². The number of hydrogen-bond donors (Lipinski definition) is 1. The molecule has 0 aliphatic rings. The first-order valence-corrected chi connectivity index (χ1v) is 6.65. The summed E-state index contributed by atoms with van der Waals surface area (Å²) in [7, 11) is 0. The lowest BCUT2D eigenvalue weighted by Crippen LogP contribution is -1.94. The number of rotatable bonds is 3. The first kappa shape index (κ1) is 14.1. The molecule has 0 aliphatic carbocycles. The Morgan fingerprint density at radius 2 is 1.68 bits per heavy atom. The molecule has 0 radical (unpaired) electrons. The van der Waals surface area contributed by atoms with Crippen molar-refractivity contribution in [2.24, 2.45) is 0 Å². The number of benzene rings is 2. The van der Waals surface area contributed by atoms with E-state index in [-0.39, 0.29) is 16.3 Å². The quantitative estimate of drug-likeness (QED) is 0.661. The van der Waals surface area contributed by atoms with E-state index in [4.69, 9.17) is 17.3 Å². The minimum absolute atomic E-state index is 0.0168. The lowest BCUT2D eigenvalue weighted by molar-refractivity contribution is 0.542. The maximum absolute atomic E-state index is 13.5. The molecule has 2 N–H and O–H groups in total. The third-order valence-corrected chi connectivity index (χ3v) is 3.90. The van der Waals surface area contributed by atoms with Crippen LogP contribution in [0.4, 0.5) is 18.9 Å². The highest BCUT2D eigenvalue weighted by Crippen LogP contribution is 2.31.